The molecule has 0 saturated carbocycles. The predicted molar refractivity (Wildman–Crippen MR) is 52.3 cm³/mol. The van der Waals surface area contributed by atoms with Crippen LogP contribution in [0.5, 0.6) is 0 Å². The van der Waals surface area contributed by atoms with Crippen molar-refractivity contribution in [2.45, 2.75) is 0 Å². The molecule has 0 rings (SSSR count). The van der Waals surface area contributed by atoms with Gasteiger partial charge in [-0.25, -0.2) is 4.79 Å². The summed E-state index contributed by atoms with van der Waals surface area (Å²) in [4.78, 5) is 10.7. The van der Waals surface area contributed by atoms with E-state index in [2.05, 4.69) is 11.3 Å². The SMILES string of the molecule is C=CC(=O)OC(O)=C(O)C(CO)(CO)CO. The van der Waals surface area contributed by atoms with Crippen molar-refractivity contribution in [2.24, 2.45) is 5.41 Å². The van der Waals surface area contributed by atoms with Crippen molar-refractivity contribution in [2.75, 3.05) is 19.8 Å². The first kappa shape index (κ1) is 14.4. The molecular weight excluding hydrogens is 220 g/mol. The molecule has 0 atom stereocenters. The third-order valence-corrected chi connectivity index (χ3v) is 1.98. The molecule has 0 saturated heterocycles. The molecule has 0 aromatic carbocycles. The van der Waals surface area contributed by atoms with Gasteiger partial charge >= 0.3 is 11.9 Å². The summed E-state index contributed by atoms with van der Waals surface area (Å²) in [6.45, 7) is 0.521. The summed E-state index contributed by atoms with van der Waals surface area (Å²) in [5.41, 5.74) is -1.87. The van der Waals surface area contributed by atoms with E-state index < -0.39 is 42.9 Å². The Balaban J connectivity index is 5.09. The van der Waals surface area contributed by atoms with E-state index in [1.807, 2.05) is 0 Å². The van der Waals surface area contributed by atoms with E-state index in [9.17, 15) is 9.90 Å². The molecule has 7 heteroatoms. The Labute approximate surface area is 91.5 Å². The van der Waals surface area contributed by atoms with E-state index in [4.69, 9.17) is 20.4 Å². The Morgan fingerprint density at radius 2 is 1.62 bits per heavy atom. The zero-order valence-electron chi connectivity index (χ0n) is 8.46. The third-order valence-electron chi connectivity index (χ3n) is 1.98. The molecule has 0 aliphatic heterocycles. The fourth-order valence-electron chi connectivity index (χ4n) is 0.787. The fraction of sp³-hybridized carbons (Fsp3) is 0.444. The third kappa shape index (κ3) is 2.96. The van der Waals surface area contributed by atoms with Gasteiger partial charge in [0.25, 0.3) is 0 Å². The number of aliphatic hydroxyl groups is 5. The lowest BCUT2D eigenvalue weighted by Crippen LogP contribution is -2.37. The molecule has 0 aromatic rings. The Hall–Kier alpha value is -1.57. The van der Waals surface area contributed by atoms with Crippen molar-refractivity contribution in [1.82, 2.24) is 0 Å². The van der Waals surface area contributed by atoms with Crippen LogP contribution >= 0.6 is 0 Å². The standard InChI is InChI=1S/C9H14O7/c1-2-6(13)16-8(15)7(14)9(3-10,4-11)5-12/h2,10-12,14-15H,1,3-5H2. The molecule has 0 aromatic heterocycles. The van der Waals surface area contributed by atoms with Gasteiger partial charge in [0.1, 0.15) is 5.41 Å². The Kier molecular flexibility index (Phi) is 5.51. The summed E-state index contributed by atoms with van der Waals surface area (Å²) in [5, 5.41) is 45.3. The predicted octanol–water partition coefficient (Wildman–Crippen LogP) is -1.04. The van der Waals surface area contributed by atoms with Crippen LogP contribution in [0.1, 0.15) is 0 Å². The number of hydrogen-bond donors (Lipinski definition) is 5. The molecule has 0 radical (unpaired) electrons. The zero-order chi connectivity index (χ0) is 12.8. The monoisotopic (exact) mass is 234 g/mol. The summed E-state index contributed by atoms with van der Waals surface area (Å²) >= 11 is 0. The van der Waals surface area contributed by atoms with Crippen molar-refractivity contribution in [3.05, 3.63) is 24.4 Å². The summed E-state index contributed by atoms with van der Waals surface area (Å²) in [6, 6.07) is 0. The number of carbonyl (C=O) groups is 1. The summed E-state index contributed by atoms with van der Waals surface area (Å²) in [6.07, 6.45) is 0.738. The Morgan fingerprint density at radius 1 is 1.19 bits per heavy atom. The molecule has 5 N–H and O–H groups in total. The second kappa shape index (κ2) is 6.11. The van der Waals surface area contributed by atoms with Crippen LogP contribution in [0, 0.1) is 5.41 Å². The summed E-state index contributed by atoms with van der Waals surface area (Å²) < 4.78 is 4.17. The topological polar surface area (TPSA) is 127 Å². The normalized spacial score (nSPS) is 12.9. The van der Waals surface area contributed by atoms with Gasteiger partial charge in [-0.2, -0.15) is 0 Å². The largest absolute Gasteiger partial charge is 0.505 e. The molecule has 7 nitrogen and oxygen atoms in total. The second-order valence-electron chi connectivity index (χ2n) is 3.03. The highest BCUT2D eigenvalue weighted by molar-refractivity contribution is 5.81. The van der Waals surface area contributed by atoms with Gasteiger partial charge in [-0.15, -0.1) is 0 Å². The maximum Gasteiger partial charge on any atom is 0.338 e. The molecule has 0 amide bonds. The Bertz CT molecular complexity index is 282. The second-order valence-corrected chi connectivity index (χ2v) is 3.03. The lowest BCUT2D eigenvalue weighted by Gasteiger charge is -2.26. The number of hydrogen-bond acceptors (Lipinski definition) is 7. The molecule has 16 heavy (non-hydrogen) atoms. The first-order chi connectivity index (χ1) is 7.47. The molecular formula is C9H14O7. The number of ether oxygens (including phenoxy) is 1. The molecule has 0 spiro atoms. The highest BCUT2D eigenvalue weighted by Crippen LogP contribution is 2.26. The lowest BCUT2D eigenvalue weighted by molar-refractivity contribution is -0.139. The van der Waals surface area contributed by atoms with Gasteiger partial charge in [0.15, 0.2) is 5.76 Å². The smallest absolute Gasteiger partial charge is 0.338 e. The van der Waals surface area contributed by atoms with Crippen molar-refractivity contribution in [3.63, 3.8) is 0 Å². The maximum atomic E-state index is 10.7. The molecule has 0 bridgehead atoms. The molecule has 0 unspecified atom stereocenters. The van der Waals surface area contributed by atoms with Gasteiger partial charge < -0.3 is 30.3 Å². The van der Waals surface area contributed by atoms with Gasteiger partial charge in [0, 0.05) is 6.08 Å². The van der Waals surface area contributed by atoms with Crippen LogP contribution in [0.2, 0.25) is 0 Å². The van der Waals surface area contributed by atoms with Crippen molar-refractivity contribution in [1.29, 1.82) is 0 Å². The highest BCUT2D eigenvalue weighted by Gasteiger charge is 2.37. The molecule has 92 valence electrons. The van der Waals surface area contributed by atoms with Gasteiger partial charge in [0.05, 0.1) is 19.8 Å². The van der Waals surface area contributed by atoms with Gasteiger partial charge in [-0.3, -0.25) is 0 Å². The lowest BCUT2D eigenvalue weighted by atomic mass is 9.89. The van der Waals surface area contributed by atoms with Crippen LogP contribution in [-0.4, -0.2) is 51.3 Å². The number of carbonyl (C=O) groups excluding carboxylic acids is 1. The van der Waals surface area contributed by atoms with Crippen LogP contribution in [0.3, 0.4) is 0 Å². The van der Waals surface area contributed by atoms with Gasteiger partial charge in [-0.05, 0) is 0 Å². The van der Waals surface area contributed by atoms with Gasteiger partial charge in [-0.1, -0.05) is 6.58 Å². The van der Waals surface area contributed by atoms with E-state index >= 15 is 0 Å². The minimum Gasteiger partial charge on any atom is -0.505 e. The average molecular weight is 234 g/mol. The van der Waals surface area contributed by atoms with E-state index in [0.29, 0.717) is 0 Å². The van der Waals surface area contributed by atoms with Crippen molar-refractivity contribution >= 4 is 5.97 Å². The summed E-state index contributed by atoms with van der Waals surface area (Å²) in [5.74, 6) is -3.26. The van der Waals surface area contributed by atoms with Crippen molar-refractivity contribution < 1.29 is 35.1 Å². The number of aliphatic hydroxyl groups excluding tert-OH is 5. The van der Waals surface area contributed by atoms with Crippen molar-refractivity contribution in [3.8, 4) is 0 Å². The van der Waals surface area contributed by atoms with Crippen LogP contribution in [-0.2, 0) is 9.53 Å². The van der Waals surface area contributed by atoms with Crippen LogP contribution in [0.4, 0.5) is 0 Å². The quantitative estimate of drug-likeness (QED) is 0.226. The summed E-state index contributed by atoms with van der Waals surface area (Å²) in [7, 11) is 0. The van der Waals surface area contributed by atoms with E-state index in [1.165, 1.54) is 0 Å². The molecule has 0 heterocycles. The van der Waals surface area contributed by atoms with Crippen LogP contribution in [0.25, 0.3) is 0 Å². The minimum atomic E-state index is -1.87. The minimum absolute atomic E-state index is 0.738. The number of rotatable bonds is 6. The highest BCUT2D eigenvalue weighted by atomic mass is 16.6. The molecule has 0 aliphatic rings. The Morgan fingerprint density at radius 3 is 1.94 bits per heavy atom. The first-order valence-electron chi connectivity index (χ1n) is 4.27. The van der Waals surface area contributed by atoms with Crippen LogP contribution < -0.4 is 0 Å². The fourth-order valence-corrected chi connectivity index (χ4v) is 0.787. The van der Waals surface area contributed by atoms with E-state index in [-0.39, 0.29) is 0 Å². The number of esters is 1. The maximum absolute atomic E-state index is 10.7. The van der Waals surface area contributed by atoms with Gasteiger partial charge in [0.2, 0.25) is 0 Å². The average Bonchev–Trinajstić information content (AvgIpc) is 2.31. The zero-order valence-corrected chi connectivity index (χ0v) is 8.46. The molecule has 0 aliphatic carbocycles. The van der Waals surface area contributed by atoms with E-state index in [0.717, 1.165) is 6.08 Å². The molecule has 0 fully saturated rings. The van der Waals surface area contributed by atoms with Crippen LogP contribution in [0.15, 0.2) is 24.4 Å². The first-order valence-corrected chi connectivity index (χ1v) is 4.27. The van der Waals surface area contributed by atoms with E-state index in [1.54, 1.807) is 0 Å².